The molecule has 1 aromatic rings. The van der Waals surface area contributed by atoms with E-state index in [-0.39, 0.29) is 11.4 Å². The zero-order valence-electron chi connectivity index (χ0n) is 12.5. The minimum Gasteiger partial charge on any atom is -0.493 e. The summed E-state index contributed by atoms with van der Waals surface area (Å²) in [6, 6.07) is 0. The molecule has 0 aromatic carbocycles. The fourth-order valence-corrected chi connectivity index (χ4v) is 2.14. The summed E-state index contributed by atoms with van der Waals surface area (Å²) in [7, 11) is -0.619. The molecule has 0 spiro atoms. The number of H-pyrrole nitrogens is 1. The first-order valence-corrected chi connectivity index (χ1v) is 7.25. The molecule has 6 nitrogen and oxygen atoms in total. The molecule has 0 aliphatic carbocycles. The van der Waals surface area contributed by atoms with Crippen LogP contribution in [-0.2, 0) is 9.31 Å². The van der Waals surface area contributed by atoms with E-state index < -0.39 is 23.9 Å². The summed E-state index contributed by atoms with van der Waals surface area (Å²) >= 11 is 4.26. The molecule has 21 heavy (non-hydrogen) atoms. The Morgan fingerprint density at radius 1 is 1.43 bits per heavy atom. The molecule has 0 unspecified atom stereocenters. The van der Waals surface area contributed by atoms with E-state index in [1.807, 2.05) is 27.7 Å². The van der Waals surface area contributed by atoms with E-state index in [2.05, 4.69) is 22.6 Å². The van der Waals surface area contributed by atoms with Gasteiger partial charge in [-0.15, -0.1) is 0 Å². The zero-order chi connectivity index (χ0) is 15.8. The van der Waals surface area contributed by atoms with Gasteiger partial charge in [0.05, 0.1) is 17.5 Å². The number of thiol groups is 1. The molecule has 1 aromatic heterocycles. The summed E-state index contributed by atoms with van der Waals surface area (Å²) in [5.41, 5.74) is -0.688. The third-order valence-electron chi connectivity index (χ3n) is 3.94. The molecule has 8 heteroatoms. The lowest BCUT2D eigenvalue weighted by atomic mass is 9.78. The van der Waals surface area contributed by atoms with Gasteiger partial charge in [0.1, 0.15) is 5.56 Å². The smallest absolute Gasteiger partial charge is 0.491 e. The van der Waals surface area contributed by atoms with Crippen molar-refractivity contribution in [1.29, 1.82) is 0 Å². The van der Waals surface area contributed by atoms with E-state index >= 15 is 0 Å². The largest absolute Gasteiger partial charge is 0.493 e. The first-order chi connectivity index (χ1) is 9.68. The maximum Gasteiger partial charge on any atom is 0.491 e. The molecule has 0 amide bonds. The molecule has 0 bridgehead atoms. The van der Waals surface area contributed by atoms with Crippen molar-refractivity contribution in [3.05, 3.63) is 27.7 Å². The van der Waals surface area contributed by atoms with Crippen LogP contribution >= 0.6 is 12.6 Å². The Hall–Kier alpha value is -1.25. The molecular weight excluding hydrogens is 291 g/mol. The van der Waals surface area contributed by atoms with Crippen molar-refractivity contribution in [1.82, 2.24) is 9.97 Å². The Balaban J connectivity index is 2.38. The fraction of sp³-hybridized carbons (Fsp3) is 0.538. The summed E-state index contributed by atoms with van der Waals surface area (Å²) in [6.07, 6.45) is 2.65. The summed E-state index contributed by atoms with van der Waals surface area (Å²) in [5, 5.41) is 9.70. The van der Waals surface area contributed by atoms with Gasteiger partial charge >= 0.3 is 7.12 Å². The van der Waals surface area contributed by atoms with E-state index in [4.69, 9.17) is 9.31 Å². The van der Waals surface area contributed by atoms with Crippen molar-refractivity contribution in [2.75, 3.05) is 5.75 Å². The van der Waals surface area contributed by atoms with Gasteiger partial charge in [-0.3, -0.25) is 4.79 Å². The average Bonchev–Trinajstić information content (AvgIpc) is 2.58. The quantitative estimate of drug-likeness (QED) is 0.581. The number of nitrogens with one attached hydrogen (secondary N) is 1. The summed E-state index contributed by atoms with van der Waals surface area (Å²) < 4.78 is 11.8. The molecule has 1 fully saturated rings. The van der Waals surface area contributed by atoms with Crippen molar-refractivity contribution in [2.24, 2.45) is 0 Å². The van der Waals surface area contributed by atoms with Gasteiger partial charge in [-0.1, -0.05) is 0 Å². The number of nitrogens with zero attached hydrogens (tertiary/aromatic N) is 1. The lowest BCUT2D eigenvalue weighted by molar-refractivity contribution is 0.00578. The Morgan fingerprint density at radius 3 is 2.48 bits per heavy atom. The van der Waals surface area contributed by atoms with Crippen LogP contribution in [-0.4, -0.2) is 39.1 Å². The monoisotopic (exact) mass is 310 g/mol. The maximum absolute atomic E-state index is 11.8. The molecule has 2 heterocycles. The Kier molecular flexibility index (Phi) is 4.23. The number of hydrogen-bond acceptors (Lipinski definition) is 6. The highest BCUT2D eigenvalue weighted by atomic mass is 32.1. The number of rotatable bonds is 3. The van der Waals surface area contributed by atoms with Gasteiger partial charge in [-0.05, 0) is 39.2 Å². The van der Waals surface area contributed by atoms with Crippen molar-refractivity contribution in [3.8, 4) is 5.88 Å². The van der Waals surface area contributed by atoms with Crippen molar-refractivity contribution < 1.29 is 14.4 Å². The second-order valence-electron chi connectivity index (χ2n) is 5.93. The number of hydrogen-bond donors (Lipinski definition) is 3. The zero-order valence-corrected chi connectivity index (χ0v) is 13.4. The SMILES string of the molecule is CC1(C)OB(C(=Cc2c(O)nc[nH]c2=O)CS)OC1(C)C. The van der Waals surface area contributed by atoms with Crippen molar-refractivity contribution in [2.45, 2.75) is 38.9 Å². The van der Waals surface area contributed by atoms with Gasteiger partial charge in [0, 0.05) is 5.75 Å². The maximum atomic E-state index is 11.8. The predicted molar refractivity (Wildman–Crippen MR) is 84.4 cm³/mol. The molecule has 0 radical (unpaired) electrons. The van der Waals surface area contributed by atoms with Crippen LogP contribution in [0.1, 0.15) is 33.3 Å². The molecule has 2 N–H and O–H groups in total. The fourth-order valence-electron chi connectivity index (χ4n) is 1.90. The predicted octanol–water partition coefficient (Wildman–Crippen LogP) is 1.42. The van der Waals surface area contributed by atoms with Gasteiger partial charge in [-0.2, -0.15) is 12.6 Å². The summed E-state index contributed by atoms with van der Waals surface area (Å²) in [6.45, 7) is 7.77. The van der Waals surface area contributed by atoms with Gasteiger partial charge in [0.15, 0.2) is 0 Å². The highest BCUT2D eigenvalue weighted by molar-refractivity contribution is 7.80. The Morgan fingerprint density at radius 2 is 2.00 bits per heavy atom. The van der Waals surface area contributed by atoms with E-state index in [1.165, 1.54) is 6.08 Å². The van der Waals surface area contributed by atoms with Gasteiger partial charge in [-0.25, -0.2) is 4.98 Å². The van der Waals surface area contributed by atoms with Gasteiger partial charge in [0.25, 0.3) is 5.56 Å². The molecule has 2 rings (SSSR count). The molecule has 0 saturated carbocycles. The van der Waals surface area contributed by atoms with Crippen molar-refractivity contribution >= 4 is 25.8 Å². The van der Waals surface area contributed by atoms with Gasteiger partial charge < -0.3 is 19.4 Å². The Bertz CT molecular complexity index is 611. The minimum atomic E-state index is -0.619. The highest BCUT2D eigenvalue weighted by Gasteiger charge is 2.52. The number of aromatic nitrogens is 2. The standard InChI is InChI=1S/C13H19BN2O4S/c1-12(2)13(3,4)20-14(19-12)8(6-21)5-9-10(17)15-7-16-11(9)18/h5,7,21H,6H2,1-4H3,(H2,15,16,17,18). The van der Waals surface area contributed by atoms with Crippen LogP contribution < -0.4 is 5.56 Å². The third-order valence-corrected chi connectivity index (χ3v) is 4.30. The lowest BCUT2D eigenvalue weighted by Crippen LogP contribution is -2.41. The molecule has 1 aliphatic rings. The highest BCUT2D eigenvalue weighted by Crippen LogP contribution is 2.39. The lowest BCUT2D eigenvalue weighted by Gasteiger charge is -2.32. The van der Waals surface area contributed by atoms with E-state index in [0.29, 0.717) is 11.2 Å². The minimum absolute atomic E-state index is 0.0660. The summed E-state index contributed by atoms with van der Waals surface area (Å²) in [5.74, 6) is -0.0144. The normalized spacial score (nSPS) is 20.8. The second kappa shape index (κ2) is 5.51. The molecule has 1 aliphatic heterocycles. The first kappa shape index (κ1) is 16.1. The number of aromatic hydroxyl groups is 1. The molecule has 1 saturated heterocycles. The molecule has 0 atom stereocenters. The van der Waals surface area contributed by atoms with Crippen LogP contribution in [0, 0.1) is 0 Å². The van der Waals surface area contributed by atoms with Crippen LogP contribution in [0.4, 0.5) is 0 Å². The van der Waals surface area contributed by atoms with Crippen LogP contribution in [0.2, 0.25) is 0 Å². The topological polar surface area (TPSA) is 84.4 Å². The van der Waals surface area contributed by atoms with Crippen LogP contribution in [0.3, 0.4) is 0 Å². The Labute approximate surface area is 129 Å². The van der Waals surface area contributed by atoms with E-state index in [0.717, 1.165) is 6.33 Å². The third kappa shape index (κ3) is 3.02. The first-order valence-electron chi connectivity index (χ1n) is 6.61. The summed E-state index contributed by atoms with van der Waals surface area (Å²) in [4.78, 5) is 17.8. The van der Waals surface area contributed by atoms with Crippen LogP contribution in [0.5, 0.6) is 5.88 Å². The molecule has 114 valence electrons. The number of aromatic amines is 1. The van der Waals surface area contributed by atoms with Crippen LogP contribution in [0.15, 0.2) is 16.6 Å². The average molecular weight is 310 g/mol. The molecular formula is C13H19BN2O4S. The van der Waals surface area contributed by atoms with E-state index in [9.17, 15) is 9.90 Å². The van der Waals surface area contributed by atoms with Gasteiger partial charge in [0.2, 0.25) is 5.88 Å². The van der Waals surface area contributed by atoms with Crippen LogP contribution in [0.25, 0.3) is 6.08 Å². The second-order valence-corrected chi connectivity index (χ2v) is 6.25. The van der Waals surface area contributed by atoms with E-state index in [1.54, 1.807) is 0 Å². The van der Waals surface area contributed by atoms with Crippen molar-refractivity contribution in [3.63, 3.8) is 0 Å².